The van der Waals surface area contributed by atoms with Gasteiger partial charge in [-0.3, -0.25) is 9.59 Å². The molecule has 4 rings (SSSR count). The number of likely N-dealkylation sites (tertiary alicyclic amines) is 1. The highest BCUT2D eigenvalue weighted by atomic mass is 16.6. The fourth-order valence-corrected chi connectivity index (χ4v) is 4.94. The molecule has 9 heteroatoms. The molecule has 1 aromatic carbocycles. The lowest BCUT2D eigenvalue weighted by Crippen LogP contribution is -2.45. The van der Waals surface area contributed by atoms with Crippen LogP contribution in [0, 0.1) is 5.92 Å². The topological polar surface area (TPSA) is 108 Å². The number of ether oxygens (including phenoxy) is 1. The van der Waals surface area contributed by atoms with Gasteiger partial charge in [-0.05, 0) is 43.4 Å². The van der Waals surface area contributed by atoms with Crippen LogP contribution in [0.3, 0.4) is 0 Å². The van der Waals surface area contributed by atoms with Gasteiger partial charge >= 0.3 is 12.1 Å². The van der Waals surface area contributed by atoms with Crippen molar-refractivity contribution in [1.29, 1.82) is 0 Å². The molecule has 0 saturated carbocycles. The lowest BCUT2D eigenvalue weighted by atomic mass is 9.94. The summed E-state index contributed by atoms with van der Waals surface area (Å²) in [5, 5.41) is 5.18. The van der Waals surface area contributed by atoms with Gasteiger partial charge in [-0.15, -0.1) is 0 Å². The Kier molecular flexibility index (Phi) is 5.36. The van der Waals surface area contributed by atoms with Gasteiger partial charge in [-0.2, -0.15) is 0 Å². The highest BCUT2D eigenvalue weighted by Gasteiger charge is 2.58. The molecule has 2 aliphatic heterocycles. The van der Waals surface area contributed by atoms with Crippen LogP contribution in [-0.2, 0) is 26.3 Å². The number of anilines is 1. The van der Waals surface area contributed by atoms with E-state index in [-0.39, 0.29) is 24.5 Å². The molecule has 166 valence electrons. The first kappa shape index (κ1) is 21.1. The van der Waals surface area contributed by atoms with Gasteiger partial charge in [0.05, 0.1) is 0 Å². The standard InChI is InChI=1S/C22H28N4O5/c1-4-14-9-13(2)25(11-14)18(27)12-26-19(28)22(31-21(26)30)8-7-15-10-16(5-6-17(15)22)24-20(29)23-3/h5-6,10,13-14H,4,7-9,11-12H2,1-3H3,(H2,23,24,29). The Morgan fingerprint density at radius 3 is 2.74 bits per heavy atom. The second-order valence-corrected chi connectivity index (χ2v) is 8.57. The van der Waals surface area contributed by atoms with Crippen LogP contribution in [0.4, 0.5) is 15.3 Å². The molecule has 3 aliphatic rings. The average molecular weight is 428 g/mol. The van der Waals surface area contributed by atoms with Gasteiger partial charge in [0, 0.05) is 37.3 Å². The van der Waals surface area contributed by atoms with Gasteiger partial charge in [-0.1, -0.05) is 19.4 Å². The summed E-state index contributed by atoms with van der Waals surface area (Å²) in [6.45, 7) is 4.45. The Morgan fingerprint density at radius 2 is 2.06 bits per heavy atom. The predicted molar refractivity (Wildman–Crippen MR) is 112 cm³/mol. The number of imide groups is 1. The first-order chi connectivity index (χ1) is 14.8. The summed E-state index contributed by atoms with van der Waals surface area (Å²) < 4.78 is 5.60. The molecule has 3 unspecified atom stereocenters. The van der Waals surface area contributed by atoms with E-state index in [0.717, 1.165) is 23.3 Å². The third-order valence-corrected chi connectivity index (χ3v) is 6.70. The van der Waals surface area contributed by atoms with Crippen molar-refractivity contribution in [2.45, 2.75) is 51.2 Å². The Balaban J connectivity index is 1.52. The van der Waals surface area contributed by atoms with E-state index in [9.17, 15) is 19.2 Å². The van der Waals surface area contributed by atoms with Gasteiger partial charge in [0.1, 0.15) is 6.54 Å². The van der Waals surface area contributed by atoms with E-state index >= 15 is 0 Å². The largest absolute Gasteiger partial charge is 0.427 e. The third-order valence-electron chi connectivity index (χ3n) is 6.70. The lowest BCUT2D eigenvalue weighted by molar-refractivity contribution is -0.142. The number of nitrogens with zero attached hydrogens (tertiary/aromatic N) is 2. The molecule has 0 bridgehead atoms. The number of aryl methyl sites for hydroxylation is 1. The molecule has 5 amide bonds. The number of amides is 5. The van der Waals surface area contributed by atoms with Crippen molar-refractivity contribution in [2.24, 2.45) is 5.92 Å². The minimum atomic E-state index is -1.39. The maximum atomic E-state index is 13.3. The summed E-state index contributed by atoms with van der Waals surface area (Å²) in [6, 6.07) is 4.91. The molecule has 1 aromatic rings. The van der Waals surface area contributed by atoms with Crippen LogP contribution >= 0.6 is 0 Å². The Bertz CT molecular complexity index is 948. The minimum absolute atomic E-state index is 0.0959. The van der Waals surface area contributed by atoms with Crippen LogP contribution in [0.25, 0.3) is 0 Å². The van der Waals surface area contributed by atoms with Crippen molar-refractivity contribution in [3.8, 4) is 0 Å². The number of benzene rings is 1. The number of rotatable bonds is 4. The van der Waals surface area contributed by atoms with Gasteiger partial charge in [0.2, 0.25) is 11.5 Å². The van der Waals surface area contributed by atoms with Crippen molar-refractivity contribution in [2.75, 3.05) is 25.5 Å². The van der Waals surface area contributed by atoms with E-state index < -0.39 is 17.6 Å². The Morgan fingerprint density at radius 1 is 1.29 bits per heavy atom. The predicted octanol–water partition coefficient (Wildman–Crippen LogP) is 2.21. The van der Waals surface area contributed by atoms with Gasteiger partial charge < -0.3 is 20.3 Å². The fraction of sp³-hybridized carbons (Fsp3) is 0.545. The minimum Gasteiger partial charge on any atom is -0.427 e. The second kappa shape index (κ2) is 7.86. The van der Waals surface area contributed by atoms with Crippen LogP contribution in [-0.4, -0.2) is 59.9 Å². The van der Waals surface area contributed by atoms with Crippen LogP contribution < -0.4 is 10.6 Å². The lowest BCUT2D eigenvalue weighted by Gasteiger charge is -2.24. The Hall–Kier alpha value is -3.10. The van der Waals surface area contributed by atoms with E-state index in [0.29, 0.717) is 36.6 Å². The van der Waals surface area contributed by atoms with Crippen LogP contribution in [0.2, 0.25) is 0 Å². The second-order valence-electron chi connectivity index (χ2n) is 8.57. The van der Waals surface area contributed by atoms with E-state index in [4.69, 9.17) is 4.74 Å². The average Bonchev–Trinajstić information content (AvgIpc) is 3.38. The first-order valence-electron chi connectivity index (χ1n) is 10.8. The number of nitrogens with one attached hydrogen (secondary N) is 2. The zero-order valence-corrected chi connectivity index (χ0v) is 18.1. The zero-order chi connectivity index (χ0) is 22.3. The number of carbonyl (C=O) groups is 4. The Labute approximate surface area is 181 Å². The van der Waals surface area contributed by atoms with Gasteiger partial charge in [0.25, 0.3) is 5.91 Å². The van der Waals surface area contributed by atoms with Gasteiger partial charge in [0.15, 0.2) is 0 Å². The quantitative estimate of drug-likeness (QED) is 0.764. The molecular weight excluding hydrogens is 400 g/mol. The van der Waals surface area contributed by atoms with E-state index in [1.165, 1.54) is 7.05 Å². The SMILES string of the molecule is CCC1CC(C)N(C(=O)CN2C(=O)OC3(CCc4cc(NC(=O)NC)ccc43)C2=O)C1. The number of hydrogen-bond donors (Lipinski definition) is 2. The highest BCUT2D eigenvalue weighted by Crippen LogP contribution is 2.46. The molecule has 1 aliphatic carbocycles. The molecule has 2 N–H and O–H groups in total. The molecule has 31 heavy (non-hydrogen) atoms. The van der Waals surface area contributed by atoms with E-state index in [2.05, 4.69) is 17.6 Å². The number of carbonyl (C=O) groups excluding carboxylic acids is 4. The smallest absolute Gasteiger partial charge is 0.418 e. The maximum absolute atomic E-state index is 13.3. The molecule has 9 nitrogen and oxygen atoms in total. The molecule has 2 saturated heterocycles. The van der Waals surface area contributed by atoms with E-state index in [1.807, 2.05) is 6.92 Å². The summed E-state index contributed by atoms with van der Waals surface area (Å²) in [5.41, 5.74) is 0.652. The summed E-state index contributed by atoms with van der Waals surface area (Å²) >= 11 is 0. The molecule has 2 heterocycles. The van der Waals surface area contributed by atoms with Crippen molar-refractivity contribution >= 4 is 29.6 Å². The molecule has 0 aromatic heterocycles. The summed E-state index contributed by atoms with van der Waals surface area (Å²) in [7, 11) is 1.52. The van der Waals surface area contributed by atoms with Crippen LogP contribution in [0.1, 0.15) is 44.2 Å². The first-order valence-corrected chi connectivity index (χ1v) is 10.8. The number of urea groups is 1. The maximum Gasteiger partial charge on any atom is 0.418 e. The van der Waals surface area contributed by atoms with Crippen LogP contribution in [0.15, 0.2) is 18.2 Å². The van der Waals surface area contributed by atoms with E-state index in [1.54, 1.807) is 23.1 Å². The van der Waals surface area contributed by atoms with Crippen molar-refractivity contribution in [3.05, 3.63) is 29.3 Å². The number of fused-ring (bicyclic) bond motifs is 2. The van der Waals surface area contributed by atoms with Gasteiger partial charge in [-0.25, -0.2) is 14.5 Å². The van der Waals surface area contributed by atoms with Crippen molar-refractivity contribution in [1.82, 2.24) is 15.1 Å². The fourth-order valence-electron chi connectivity index (χ4n) is 4.94. The molecule has 1 spiro atoms. The molecular formula is C22H28N4O5. The van der Waals surface area contributed by atoms with Crippen LogP contribution in [0.5, 0.6) is 0 Å². The molecule has 3 atom stereocenters. The monoisotopic (exact) mass is 428 g/mol. The highest BCUT2D eigenvalue weighted by molar-refractivity contribution is 6.06. The summed E-state index contributed by atoms with van der Waals surface area (Å²) in [4.78, 5) is 53.0. The normalized spacial score (nSPS) is 26.9. The summed E-state index contributed by atoms with van der Waals surface area (Å²) in [6.07, 6.45) is 2.00. The van der Waals surface area contributed by atoms with Crippen molar-refractivity contribution in [3.63, 3.8) is 0 Å². The zero-order valence-electron chi connectivity index (χ0n) is 18.1. The molecule has 0 radical (unpaired) electrons. The third kappa shape index (κ3) is 3.51. The molecule has 2 fully saturated rings. The van der Waals surface area contributed by atoms with Crippen molar-refractivity contribution < 1.29 is 23.9 Å². The number of hydrogen-bond acceptors (Lipinski definition) is 5. The summed E-state index contributed by atoms with van der Waals surface area (Å²) in [5.74, 6) is -0.268.